The van der Waals surface area contributed by atoms with E-state index in [0.29, 0.717) is 22.5 Å². The zero-order chi connectivity index (χ0) is 16.2. The van der Waals surface area contributed by atoms with Crippen LogP contribution in [0.2, 0.25) is 0 Å². The molecule has 4 nitrogen and oxygen atoms in total. The fourth-order valence-electron chi connectivity index (χ4n) is 2.94. The lowest BCUT2D eigenvalue weighted by Crippen LogP contribution is -2.28. The van der Waals surface area contributed by atoms with E-state index in [1.54, 1.807) is 0 Å². The molecule has 0 fully saturated rings. The zero-order valence-corrected chi connectivity index (χ0v) is 13.6. The maximum atomic E-state index is 12.8. The van der Waals surface area contributed by atoms with Crippen LogP contribution in [0.15, 0.2) is 24.3 Å². The minimum atomic E-state index is -0.344. The van der Waals surface area contributed by atoms with E-state index in [-0.39, 0.29) is 23.0 Å². The Morgan fingerprint density at radius 1 is 1.14 bits per heavy atom. The molecule has 4 heteroatoms. The monoisotopic (exact) mass is 296 g/mol. The highest BCUT2D eigenvalue weighted by Crippen LogP contribution is 2.41. The third kappa shape index (κ3) is 1.94. The fraction of sp³-hybridized carbons (Fsp3) is 0.389. The van der Waals surface area contributed by atoms with Crippen LogP contribution in [0.3, 0.4) is 0 Å². The Balaban J connectivity index is 2.34. The number of carbonyl (C=O) groups is 2. The number of hydrogen-bond acceptors (Lipinski definition) is 3. The normalized spacial score (nSPS) is 13.5. The van der Waals surface area contributed by atoms with Crippen molar-refractivity contribution in [3.05, 3.63) is 41.1 Å². The molecule has 2 aromatic rings. The van der Waals surface area contributed by atoms with Gasteiger partial charge in [0.25, 0.3) is 0 Å². The van der Waals surface area contributed by atoms with Crippen LogP contribution < -0.4 is 0 Å². The number of carbonyl (C=O) groups excluding carboxylic acids is 2. The van der Waals surface area contributed by atoms with Crippen molar-refractivity contribution in [3.63, 3.8) is 0 Å². The number of fused-ring (bicyclic) bond motifs is 3. The van der Waals surface area contributed by atoms with E-state index in [1.165, 1.54) is 4.68 Å². The number of rotatable bonds is 1. The van der Waals surface area contributed by atoms with Crippen molar-refractivity contribution < 1.29 is 9.59 Å². The largest absolute Gasteiger partial charge is 0.288 e. The topological polar surface area (TPSA) is 52.0 Å². The number of benzene rings is 1. The van der Waals surface area contributed by atoms with Gasteiger partial charge in [0.2, 0.25) is 5.91 Å². The SMILES string of the molecule is CC(C)C(=O)n1nc2c(c1C(C)(C)C)C(=O)c1ccccc1-2. The van der Waals surface area contributed by atoms with Gasteiger partial charge in [-0.25, -0.2) is 4.68 Å². The molecule has 0 unspecified atom stereocenters. The summed E-state index contributed by atoms with van der Waals surface area (Å²) < 4.78 is 1.45. The van der Waals surface area contributed by atoms with Crippen LogP contribution in [0.5, 0.6) is 0 Å². The van der Waals surface area contributed by atoms with Crippen LogP contribution in [0, 0.1) is 5.92 Å². The van der Waals surface area contributed by atoms with Crippen molar-refractivity contribution in [2.24, 2.45) is 5.92 Å². The van der Waals surface area contributed by atoms with Gasteiger partial charge in [-0.2, -0.15) is 5.10 Å². The highest BCUT2D eigenvalue weighted by atomic mass is 16.2. The quantitative estimate of drug-likeness (QED) is 0.688. The smallest absolute Gasteiger partial charge is 0.249 e. The summed E-state index contributed by atoms with van der Waals surface area (Å²) in [5.41, 5.74) is 3.09. The molecule has 0 spiro atoms. The Labute approximate surface area is 130 Å². The van der Waals surface area contributed by atoms with Gasteiger partial charge in [0, 0.05) is 22.5 Å². The Morgan fingerprint density at radius 2 is 1.73 bits per heavy atom. The van der Waals surface area contributed by atoms with Gasteiger partial charge in [-0.15, -0.1) is 0 Å². The molecule has 1 heterocycles. The molecule has 1 aliphatic carbocycles. The van der Waals surface area contributed by atoms with Gasteiger partial charge in [-0.05, 0) is 0 Å². The lowest BCUT2D eigenvalue weighted by atomic mass is 9.87. The molecule has 1 aromatic carbocycles. The van der Waals surface area contributed by atoms with Crippen molar-refractivity contribution in [1.82, 2.24) is 9.78 Å². The van der Waals surface area contributed by atoms with Crippen molar-refractivity contribution in [2.45, 2.75) is 40.0 Å². The molecule has 0 aliphatic heterocycles. The first-order chi connectivity index (χ1) is 10.2. The first-order valence-corrected chi connectivity index (χ1v) is 7.55. The van der Waals surface area contributed by atoms with E-state index in [0.717, 1.165) is 5.56 Å². The molecule has 0 saturated heterocycles. The third-order valence-electron chi connectivity index (χ3n) is 3.95. The summed E-state index contributed by atoms with van der Waals surface area (Å²) in [6.07, 6.45) is 0. The van der Waals surface area contributed by atoms with Crippen LogP contribution in [-0.2, 0) is 5.41 Å². The van der Waals surface area contributed by atoms with Gasteiger partial charge in [0.1, 0.15) is 5.69 Å². The van der Waals surface area contributed by atoms with Crippen molar-refractivity contribution in [1.29, 1.82) is 0 Å². The van der Waals surface area contributed by atoms with E-state index >= 15 is 0 Å². The lowest BCUT2D eigenvalue weighted by Gasteiger charge is -2.21. The van der Waals surface area contributed by atoms with Crippen LogP contribution >= 0.6 is 0 Å². The minimum Gasteiger partial charge on any atom is -0.288 e. The maximum absolute atomic E-state index is 12.8. The van der Waals surface area contributed by atoms with Gasteiger partial charge < -0.3 is 0 Å². The summed E-state index contributed by atoms with van der Waals surface area (Å²) in [4.78, 5) is 25.3. The van der Waals surface area contributed by atoms with E-state index in [1.807, 2.05) is 58.9 Å². The van der Waals surface area contributed by atoms with Crippen LogP contribution in [-0.4, -0.2) is 21.5 Å². The molecule has 114 valence electrons. The first kappa shape index (κ1) is 14.7. The second-order valence-corrected chi connectivity index (χ2v) is 7.10. The van der Waals surface area contributed by atoms with E-state index in [2.05, 4.69) is 5.10 Å². The number of ketones is 1. The molecule has 0 bridgehead atoms. The Hall–Kier alpha value is -2.23. The van der Waals surface area contributed by atoms with Gasteiger partial charge in [-0.3, -0.25) is 9.59 Å². The van der Waals surface area contributed by atoms with Crippen molar-refractivity contribution >= 4 is 11.7 Å². The van der Waals surface area contributed by atoms with E-state index < -0.39 is 0 Å². The van der Waals surface area contributed by atoms with Crippen molar-refractivity contribution in [2.75, 3.05) is 0 Å². The molecule has 0 saturated carbocycles. The molecule has 0 amide bonds. The van der Waals surface area contributed by atoms with E-state index in [9.17, 15) is 9.59 Å². The molecule has 0 N–H and O–H groups in total. The summed E-state index contributed by atoms with van der Waals surface area (Å²) >= 11 is 0. The van der Waals surface area contributed by atoms with Crippen molar-refractivity contribution in [3.8, 4) is 11.3 Å². The van der Waals surface area contributed by atoms with E-state index in [4.69, 9.17) is 0 Å². The second kappa shape index (κ2) is 4.63. The predicted octanol–water partition coefficient (Wildman–Crippen LogP) is 3.69. The molecular weight excluding hydrogens is 276 g/mol. The van der Waals surface area contributed by atoms with Gasteiger partial charge in [0.05, 0.1) is 11.3 Å². The summed E-state index contributed by atoms with van der Waals surface area (Å²) in [5.74, 6) is -0.283. The average Bonchev–Trinajstić information content (AvgIpc) is 2.95. The summed E-state index contributed by atoms with van der Waals surface area (Å²) in [5, 5.41) is 4.52. The second-order valence-electron chi connectivity index (χ2n) is 7.10. The minimum absolute atomic E-state index is 0.0293. The molecule has 22 heavy (non-hydrogen) atoms. The van der Waals surface area contributed by atoms with Gasteiger partial charge in [-0.1, -0.05) is 58.9 Å². The summed E-state index contributed by atoms with van der Waals surface area (Å²) in [6.45, 7) is 9.70. The maximum Gasteiger partial charge on any atom is 0.249 e. The number of aromatic nitrogens is 2. The van der Waals surface area contributed by atoms with Gasteiger partial charge >= 0.3 is 0 Å². The number of hydrogen-bond donors (Lipinski definition) is 0. The molecular formula is C18H20N2O2. The molecule has 1 aromatic heterocycles. The van der Waals surface area contributed by atoms with Crippen LogP contribution in [0.1, 0.15) is 61.0 Å². The Kier molecular flexibility index (Phi) is 3.09. The summed E-state index contributed by atoms with van der Waals surface area (Å²) in [7, 11) is 0. The third-order valence-corrected chi connectivity index (χ3v) is 3.95. The molecule has 0 atom stereocenters. The summed E-state index contributed by atoms with van der Waals surface area (Å²) in [6, 6.07) is 7.46. The average molecular weight is 296 g/mol. The first-order valence-electron chi connectivity index (χ1n) is 7.55. The molecule has 0 radical (unpaired) electrons. The zero-order valence-electron chi connectivity index (χ0n) is 13.6. The highest BCUT2D eigenvalue weighted by Gasteiger charge is 2.39. The molecule has 3 rings (SSSR count). The van der Waals surface area contributed by atoms with Crippen LogP contribution in [0.25, 0.3) is 11.3 Å². The Bertz CT molecular complexity index is 792. The van der Waals surface area contributed by atoms with Crippen LogP contribution in [0.4, 0.5) is 0 Å². The fourth-order valence-corrected chi connectivity index (χ4v) is 2.94. The predicted molar refractivity (Wildman–Crippen MR) is 85.3 cm³/mol. The standard InChI is InChI=1S/C18H20N2O2/c1-10(2)17(22)20-16(18(3,4)5)13-14(19-20)11-8-6-7-9-12(11)15(13)21/h6-10H,1-5H3. The highest BCUT2D eigenvalue weighted by molar-refractivity contribution is 6.22. The molecule has 1 aliphatic rings. The van der Waals surface area contributed by atoms with Gasteiger partial charge in [0.15, 0.2) is 5.78 Å². The number of nitrogens with zero attached hydrogens (tertiary/aromatic N) is 2. The lowest BCUT2D eigenvalue weighted by molar-refractivity contribution is 0.0830. The Morgan fingerprint density at radius 3 is 2.27 bits per heavy atom.